The fourth-order valence-electron chi connectivity index (χ4n) is 3.41. The molecule has 1 N–H and O–H groups in total. The molecule has 2 aromatic carbocycles. The van der Waals surface area contributed by atoms with E-state index in [1.807, 2.05) is 6.92 Å². The molecule has 0 bridgehead atoms. The van der Waals surface area contributed by atoms with Crippen LogP contribution in [0.3, 0.4) is 0 Å². The average molecular weight is 421 g/mol. The minimum absolute atomic E-state index is 0.130. The predicted octanol–water partition coefficient (Wildman–Crippen LogP) is 4.26. The van der Waals surface area contributed by atoms with Gasteiger partial charge in [0, 0.05) is 23.2 Å². The maximum Gasteiger partial charge on any atom is 0.264 e. The highest BCUT2D eigenvalue weighted by Crippen LogP contribution is 2.37. The molecule has 1 aliphatic rings. The van der Waals surface area contributed by atoms with Crippen LogP contribution in [0.25, 0.3) is 0 Å². The van der Waals surface area contributed by atoms with Gasteiger partial charge in [-0.1, -0.05) is 25.4 Å². The third-order valence-electron chi connectivity index (χ3n) is 4.87. The summed E-state index contributed by atoms with van der Waals surface area (Å²) < 4.78 is 27.7. The van der Waals surface area contributed by atoms with Gasteiger partial charge < -0.3 is 5.32 Å². The number of halogens is 1. The van der Waals surface area contributed by atoms with E-state index < -0.39 is 10.0 Å². The van der Waals surface area contributed by atoms with Crippen molar-refractivity contribution in [3.8, 4) is 0 Å². The average Bonchev–Trinajstić information content (AvgIpc) is 2.97. The lowest BCUT2D eigenvalue weighted by molar-refractivity contribution is 0.0952. The molecule has 0 fully saturated rings. The van der Waals surface area contributed by atoms with E-state index in [1.165, 1.54) is 16.4 Å². The van der Waals surface area contributed by atoms with Crippen LogP contribution in [0.1, 0.15) is 43.1 Å². The number of carbonyl (C=O) groups excluding carboxylic acids is 1. The summed E-state index contributed by atoms with van der Waals surface area (Å²) in [5.41, 5.74) is 2.04. The normalized spacial score (nSPS) is 16.3. The lowest BCUT2D eigenvalue weighted by atomic mass is 10.1. The minimum Gasteiger partial charge on any atom is -0.352 e. The van der Waals surface area contributed by atoms with Crippen LogP contribution in [0.5, 0.6) is 0 Å². The second kappa shape index (κ2) is 8.13. The highest BCUT2D eigenvalue weighted by Gasteiger charge is 2.36. The molecule has 0 unspecified atom stereocenters. The quantitative estimate of drug-likeness (QED) is 0.759. The maximum atomic E-state index is 13.1. The fourth-order valence-corrected chi connectivity index (χ4v) is 5.23. The van der Waals surface area contributed by atoms with Crippen molar-refractivity contribution < 1.29 is 13.2 Å². The Morgan fingerprint density at radius 3 is 2.54 bits per heavy atom. The maximum absolute atomic E-state index is 13.1. The van der Waals surface area contributed by atoms with E-state index in [0.29, 0.717) is 35.2 Å². The first-order valence-corrected chi connectivity index (χ1v) is 11.2. The van der Waals surface area contributed by atoms with Crippen molar-refractivity contribution in [2.45, 2.75) is 44.6 Å². The van der Waals surface area contributed by atoms with Crippen molar-refractivity contribution in [3.63, 3.8) is 0 Å². The molecule has 0 saturated heterocycles. The number of nitrogens with one attached hydrogen (secondary N) is 1. The Morgan fingerprint density at radius 2 is 1.89 bits per heavy atom. The van der Waals surface area contributed by atoms with Crippen molar-refractivity contribution in [2.75, 3.05) is 10.8 Å². The number of nitrogens with zero attached hydrogens (tertiary/aromatic N) is 1. The lowest BCUT2D eigenvalue weighted by Crippen LogP contribution is -2.35. The molecule has 1 heterocycles. The molecule has 28 heavy (non-hydrogen) atoms. The summed E-state index contributed by atoms with van der Waals surface area (Å²) >= 11 is 5.89. The zero-order chi connectivity index (χ0) is 20.5. The Balaban J connectivity index is 1.85. The number of hydrogen-bond acceptors (Lipinski definition) is 3. The Kier molecular flexibility index (Phi) is 6.01. The van der Waals surface area contributed by atoms with Crippen LogP contribution in [0.15, 0.2) is 47.4 Å². The zero-order valence-electron chi connectivity index (χ0n) is 16.3. The van der Waals surface area contributed by atoms with Gasteiger partial charge in [0.15, 0.2) is 0 Å². The summed E-state index contributed by atoms with van der Waals surface area (Å²) in [4.78, 5) is 12.6. The third kappa shape index (κ3) is 4.18. The summed E-state index contributed by atoms with van der Waals surface area (Å²) in [5, 5.41) is 3.41. The van der Waals surface area contributed by atoms with E-state index in [1.54, 1.807) is 30.3 Å². The number of hydrogen-bond donors (Lipinski definition) is 1. The first kappa shape index (κ1) is 20.7. The van der Waals surface area contributed by atoms with Gasteiger partial charge in [-0.15, -0.1) is 0 Å². The minimum atomic E-state index is -3.70. The van der Waals surface area contributed by atoms with Crippen molar-refractivity contribution in [3.05, 3.63) is 58.6 Å². The van der Waals surface area contributed by atoms with Crippen LogP contribution in [0, 0.1) is 5.92 Å². The van der Waals surface area contributed by atoms with Crippen LogP contribution in [-0.2, 0) is 16.4 Å². The van der Waals surface area contributed by atoms with E-state index >= 15 is 0 Å². The largest absolute Gasteiger partial charge is 0.352 e. The Hall–Kier alpha value is -2.05. The molecule has 0 aliphatic carbocycles. The molecule has 150 valence electrons. The van der Waals surface area contributed by atoms with Crippen LogP contribution in [0.2, 0.25) is 5.02 Å². The SMILES string of the molecule is CC(C)CCNC(=O)c1ccc2c(c1)C[C@@H](C)N2S(=O)(=O)c1ccc(Cl)cc1. The zero-order valence-corrected chi connectivity index (χ0v) is 17.8. The fraction of sp³-hybridized carbons (Fsp3) is 0.381. The van der Waals surface area contributed by atoms with E-state index in [4.69, 9.17) is 11.6 Å². The van der Waals surface area contributed by atoms with Gasteiger partial charge in [-0.3, -0.25) is 9.10 Å². The summed E-state index contributed by atoms with van der Waals surface area (Å²) in [7, 11) is -3.70. The van der Waals surface area contributed by atoms with Gasteiger partial charge in [-0.2, -0.15) is 0 Å². The highest BCUT2D eigenvalue weighted by atomic mass is 35.5. The van der Waals surface area contributed by atoms with Crippen molar-refractivity contribution >= 4 is 33.2 Å². The standard InChI is InChI=1S/C21H25ClN2O3S/c1-14(2)10-11-23-21(25)16-4-9-20-17(13-16)12-15(3)24(20)28(26,27)19-7-5-18(22)6-8-19/h4-9,13-15H,10-12H2,1-3H3,(H,23,25)/t15-/m1/s1. The Bertz CT molecular complexity index is 972. The monoisotopic (exact) mass is 420 g/mol. The first-order valence-electron chi connectivity index (χ1n) is 9.41. The molecule has 7 heteroatoms. The van der Waals surface area contributed by atoms with Gasteiger partial charge >= 0.3 is 0 Å². The molecule has 0 aromatic heterocycles. The van der Waals surface area contributed by atoms with E-state index in [-0.39, 0.29) is 16.8 Å². The molecule has 0 saturated carbocycles. The van der Waals surface area contributed by atoms with Crippen molar-refractivity contribution in [2.24, 2.45) is 5.92 Å². The van der Waals surface area contributed by atoms with Gasteiger partial charge in [-0.05, 0) is 73.7 Å². The number of fused-ring (bicyclic) bond motifs is 1. The third-order valence-corrected chi connectivity index (χ3v) is 7.07. The second-order valence-electron chi connectivity index (χ2n) is 7.59. The molecular formula is C21H25ClN2O3S. The van der Waals surface area contributed by atoms with Crippen molar-refractivity contribution in [1.29, 1.82) is 0 Å². The summed E-state index contributed by atoms with van der Waals surface area (Å²) in [6, 6.07) is 11.2. The highest BCUT2D eigenvalue weighted by molar-refractivity contribution is 7.92. The summed E-state index contributed by atoms with van der Waals surface area (Å²) in [6.45, 7) is 6.72. The molecule has 0 spiro atoms. The Labute approximate surface area is 171 Å². The number of sulfonamides is 1. The van der Waals surface area contributed by atoms with Gasteiger partial charge in [0.25, 0.3) is 15.9 Å². The van der Waals surface area contributed by atoms with Gasteiger partial charge in [0.05, 0.1) is 10.6 Å². The molecule has 5 nitrogen and oxygen atoms in total. The van der Waals surface area contributed by atoms with E-state index in [9.17, 15) is 13.2 Å². The molecular weight excluding hydrogens is 396 g/mol. The van der Waals surface area contributed by atoms with Gasteiger partial charge in [0.1, 0.15) is 0 Å². The molecule has 1 atom stereocenters. The number of benzene rings is 2. The van der Waals surface area contributed by atoms with Crippen molar-refractivity contribution in [1.82, 2.24) is 5.32 Å². The van der Waals surface area contributed by atoms with E-state index in [0.717, 1.165) is 12.0 Å². The molecule has 1 aliphatic heterocycles. The topological polar surface area (TPSA) is 66.5 Å². The van der Waals surface area contributed by atoms with Crippen LogP contribution in [0.4, 0.5) is 5.69 Å². The molecule has 0 radical (unpaired) electrons. The number of anilines is 1. The number of rotatable bonds is 6. The summed E-state index contributed by atoms with van der Waals surface area (Å²) in [6.07, 6.45) is 1.48. The Morgan fingerprint density at radius 1 is 1.21 bits per heavy atom. The number of carbonyl (C=O) groups is 1. The molecule has 3 rings (SSSR count). The van der Waals surface area contributed by atoms with Gasteiger partial charge in [0.2, 0.25) is 0 Å². The van der Waals surface area contributed by atoms with Crippen LogP contribution in [-0.4, -0.2) is 26.9 Å². The molecule has 2 aromatic rings. The molecule has 1 amide bonds. The first-order chi connectivity index (χ1) is 13.2. The number of amides is 1. The summed E-state index contributed by atoms with van der Waals surface area (Å²) in [5.74, 6) is 0.392. The van der Waals surface area contributed by atoms with E-state index in [2.05, 4.69) is 19.2 Å². The van der Waals surface area contributed by atoms with Crippen LogP contribution >= 0.6 is 11.6 Å². The lowest BCUT2D eigenvalue weighted by Gasteiger charge is -2.24. The predicted molar refractivity (Wildman–Crippen MR) is 113 cm³/mol. The smallest absolute Gasteiger partial charge is 0.264 e. The van der Waals surface area contributed by atoms with Crippen LogP contribution < -0.4 is 9.62 Å². The second-order valence-corrected chi connectivity index (χ2v) is 9.84. The van der Waals surface area contributed by atoms with Gasteiger partial charge in [-0.25, -0.2) is 8.42 Å².